The van der Waals surface area contributed by atoms with Gasteiger partial charge in [-0.15, -0.1) is 0 Å². The van der Waals surface area contributed by atoms with Crippen molar-refractivity contribution in [2.24, 2.45) is 0 Å². The van der Waals surface area contributed by atoms with Gasteiger partial charge in [-0.2, -0.15) is 14.3 Å². The number of rotatable bonds is 6. The number of aromatic nitrogens is 4. The molecule has 1 fully saturated rings. The lowest BCUT2D eigenvalue weighted by molar-refractivity contribution is -0.0478. The highest BCUT2D eigenvalue weighted by atomic mass is 35.5. The van der Waals surface area contributed by atoms with Gasteiger partial charge in [-0.1, -0.05) is 12.2 Å². The van der Waals surface area contributed by atoms with Gasteiger partial charge in [0, 0.05) is 0 Å². The molecule has 3 rings (SSSR count). The molecule has 2 aromatic heterocycles. The van der Waals surface area contributed by atoms with E-state index in [1.807, 2.05) is 0 Å². The molecule has 1 unspecified atom stereocenters. The Morgan fingerprint density at radius 1 is 1.32 bits per heavy atom. The van der Waals surface area contributed by atoms with Crippen LogP contribution >= 0.6 is 38.5 Å². The third-order valence-corrected chi connectivity index (χ3v) is 6.97. The molecule has 0 radical (unpaired) electrons. The molecule has 0 aliphatic carbocycles. The zero-order chi connectivity index (χ0) is 20.9. The number of hydrogen-bond acceptors (Lipinski definition) is 11. The first-order chi connectivity index (χ1) is 12.9. The number of phosphoric acid groups is 1. The molecule has 1 saturated heterocycles. The van der Waals surface area contributed by atoms with Gasteiger partial charge in [-0.3, -0.25) is 9.09 Å². The van der Waals surface area contributed by atoms with Crippen molar-refractivity contribution in [2.45, 2.75) is 24.5 Å². The van der Waals surface area contributed by atoms with Gasteiger partial charge in [0.05, 0.1) is 12.9 Å². The first kappa shape index (κ1) is 21.9. The summed E-state index contributed by atoms with van der Waals surface area (Å²) in [4.78, 5) is 29.1. The lowest BCUT2D eigenvalue weighted by atomic mass is 10.1. The third-order valence-electron chi connectivity index (χ3n) is 3.64. The second-order valence-corrected chi connectivity index (χ2v) is 10.2. The molecule has 5 atom stereocenters. The highest BCUT2D eigenvalue weighted by Gasteiger charge is 2.45. The second kappa shape index (κ2) is 7.78. The summed E-state index contributed by atoms with van der Waals surface area (Å²) < 4.78 is 37.9. The van der Waals surface area contributed by atoms with Gasteiger partial charge in [-0.25, -0.2) is 14.1 Å². The van der Waals surface area contributed by atoms with Gasteiger partial charge in [0.2, 0.25) is 5.28 Å². The predicted molar refractivity (Wildman–Crippen MR) is 96.3 cm³/mol. The summed E-state index contributed by atoms with van der Waals surface area (Å²) in [7, 11) is -5.13. The zero-order valence-electron chi connectivity index (χ0n) is 13.5. The summed E-state index contributed by atoms with van der Waals surface area (Å²) >= 11 is 9.19. The monoisotopic (exact) mass is 477 g/mol. The minimum Gasteiger partial charge on any atom is -0.387 e. The number of thiol groups is 1. The fourth-order valence-electron chi connectivity index (χ4n) is 2.52. The van der Waals surface area contributed by atoms with Crippen molar-refractivity contribution in [3.05, 3.63) is 11.6 Å². The highest BCUT2D eigenvalue weighted by Crippen LogP contribution is 2.63. The molecule has 1 aliphatic heterocycles. The van der Waals surface area contributed by atoms with Crippen LogP contribution in [0.5, 0.6) is 0 Å². The Labute approximate surface area is 166 Å². The predicted octanol–water partition coefficient (Wildman–Crippen LogP) is -0.155. The maximum Gasteiger partial charge on any atom is 0.477 e. The first-order valence-corrected chi connectivity index (χ1v) is 11.9. The molecule has 2 aromatic rings. The molecule has 14 nitrogen and oxygen atoms in total. The molecular formula is C10H14ClN5O9P2S. The zero-order valence-corrected chi connectivity index (χ0v) is 16.9. The molecule has 0 saturated carbocycles. The second-order valence-electron chi connectivity index (χ2n) is 5.58. The van der Waals surface area contributed by atoms with Crippen LogP contribution in [0.3, 0.4) is 0 Å². The molecule has 1 aliphatic rings. The SMILES string of the molecule is Nc1nc(Cl)nc2c1ncn2[C@@H]1O[C@H](CO[P@@](=O)(S)OP(=O)(O)O)[C@@H](O)C1O. The smallest absolute Gasteiger partial charge is 0.387 e. The lowest BCUT2D eigenvalue weighted by Gasteiger charge is -2.18. The van der Waals surface area contributed by atoms with Crippen molar-refractivity contribution in [2.75, 3.05) is 12.3 Å². The van der Waals surface area contributed by atoms with E-state index in [4.69, 9.17) is 36.4 Å². The molecule has 156 valence electrons. The number of nitrogens with zero attached hydrogens (tertiary/aromatic N) is 4. The van der Waals surface area contributed by atoms with Gasteiger partial charge in [0.25, 0.3) is 0 Å². The Hall–Kier alpha value is -0.830. The summed E-state index contributed by atoms with van der Waals surface area (Å²) in [6.07, 6.45) is -4.26. The summed E-state index contributed by atoms with van der Waals surface area (Å²) in [5.41, 5.74) is 6.01. The van der Waals surface area contributed by atoms with Crippen LogP contribution in [0.1, 0.15) is 6.23 Å². The van der Waals surface area contributed by atoms with Crippen LogP contribution in [0.2, 0.25) is 5.28 Å². The number of nitrogen functional groups attached to an aromatic ring is 1. The Balaban J connectivity index is 1.78. The normalized spacial score (nSPS) is 27.9. The van der Waals surface area contributed by atoms with E-state index in [9.17, 15) is 19.3 Å². The average molecular weight is 478 g/mol. The molecule has 28 heavy (non-hydrogen) atoms. The van der Waals surface area contributed by atoms with E-state index in [1.54, 1.807) is 0 Å². The quantitative estimate of drug-likeness (QED) is 0.181. The maximum absolute atomic E-state index is 11.8. The molecule has 0 spiro atoms. The van der Waals surface area contributed by atoms with Gasteiger partial charge in [0.1, 0.15) is 23.8 Å². The number of hydrogen-bond donors (Lipinski definition) is 6. The van der Waals surface area contributed by atoms with Gasteiger partial charge in [-0.05, 0) is 11.6 Å². The molecular weight excluding hydrogens is 464 g/mol. The van der Waals surface area contributed by atoms with Crippen molar-refractivity contribution in [3.8, 4) is 0 Å². The molecule has 3 heterocycles. The summed E-state index contributed by atoms with van der Waals surface area (Å²) in [5, 5.41) is 20.3. The fourth-order valence-corrected chi connectivity index (χ4v) is 5.35. The number of ether oxygens (including phenoxy) is 1. The summed E-state index contributed by atoms with van der Waals surface area (Å²) in [5.74, 6) is -0.00716. The average Bonchev–Trinajstić information content (AvgIpc) is 3.06. The van der Waals surface area contributed by atoms with Crippen LogP contribution in [0.15, 0.2) is 6.33 Å². The molecule has 18 heteroatoms. The van der Waals surface area contributed by atoms with Gasteiger partial charge in [0.15, 0.2) is 17.7 Å². The Morgan fingerprint density at radius 2 is 2.00 bits per heavy atom. The standard InChI is InChI=1S/C10H14ClN5O9P2S/c11-10-14-7(12)4-8(15-10)16(2-13-4)9-6(18)5(17)3(24-9)1-23-27(22,28)25-26(19,20)21/h2-3,5-6,9,17-18H,1H2,(H,22,28)(H2,12,14,15)(H2,19,20,21)/t3-,5-,6?,9-,27-/m1/s1. The summed E-state index contributed by atoms with van der Waals surface area (Å²) in [6.45, 7) is -5.13. The van der Waals surface area contributed by atoms with Crippen molar-refractivity contribution >= 4 is 55.5 Å². The fraction of sp³-hybridized carbons (Fsp3) is 0.500. The van der Waals surface area contributed by atoms with Crippen molar-refractivity contribution in [3.63, 3.8) is 0 Å². The van der Waals surface area contributed by atoms with E-state index < -0.39 is 45.8 Å². The van der Waals surface area contributed by atoms with Gasteiger partial charge >= 0.3 is 14.6 Å². The van der Waals surface area contributed by atoms with Crippen LogP contribution in [0.25, 0.3) is 11.2 Å². The molecule has 0 bridgehead atoms. The number of aliphatic hydroxyl groups excluding tert-OH is 2. The topological polar surface area (TPSA) is 212 Å². The van der Waals surface area contributed by atoms with Crippen molar-refractivity contribution in [1.82, 2.24) is 19.5 Å². The number of aliphatic hydroxyl groups is 2. The Bertz CT molecular complexity index is 988. The number of imidazole rings is 1. The van der Waals surface area contributed by atoms with Crippen LogP contribution < -0.4 is 5.73 Å². The van der Waals surface area contributed by atoms with Crippen LogP contribution in [-0.2, 0) is 22.7 Å². The van der Waals surface area contributed by atoms with E-state index in [-0.39, 0.29) is 22.3 Å². The maximum atomic E-state index is 11.8. The minimum atomic E-state index is -5.13. The van der Waals surface area contributed by atoms with Crippen LogP contribution in [0, 0.1) is 0 Å². The Kier molecular flexibility index (Phi) is 6.07. The van der Waals surface area contributed by atoms with Gasteiger partial charge < -0.3 is 30.5 Å². The Morgan fingerprint density at radius 3 is 2.64 bits per heavy atom. The van der Waals surface area contributed by atoms with Crippen LogP contribution in [0.4, 0.5) is 5.82 Å². The number of anilines is 1. The molecule has 0 amide bonds. The van der Waals surface area contributed by atoms with E-state index in [1.165, 1.54) is 10.9 Å². The third kappa shape index (κ3) is 4.66. The van der Waals surface area contributed by atoms with E-state index in [0.29, 0.717) is 0 Å². The van der Waals surface area contributed by atoms with Crippen LogP contribution in [-0.4, -0.2) is 64.4 Å². The number of halogens is 1. The summed E-state index contributed by atoms with van der Waals surface area (Å²) in [6, 6.07) is 0. The highest BCUT2D eigenvalue weighted by molar-refractivity contribution is 8.45. The molecule has 0 aromatic carbocycles. The minimum absolute atomic E-state index is 0.00716. The molecule has 6 N–H and O–H groups in total. The first-order valence-electron chi connectivity index (χ1n) is 7.29. The number of fused-ring (bicyclic) bond motifs is 1. The van der Waals surface area contributed by atoms with E-state index in [0.717, 1.165) is 0 Å². The van der Waals surface area contributed by atoms with Crippen molar-refractivity contribution < 1.29 is 42.7 Å². The van der Waals surface area contributed by atoms with E-state index in [2.05, 4.69) is 31.5 Å². The van der Waals surface area contributed by atoms with E-state index >= 15 is 0 Å². The lowest BCUT2D eigenvalue weighted by Crippen LogP contribution is -2.33. The number of nitrogens with two attached hydrogens (primary N) is 1. The largest absolute Gasteiger partial charge is 0.477 e. The van der Waals surface area contributed by atoms with Crippen molar-refractivity contribution in [1.29, 1.82) is 0 Å².